The molecule has 5 heteroatoms. The van der Waals surface area contributed by atoms with Gasteiger partial charge in [-0.3, -0.25) is 4.79 Å². The van der Waals surface area contributed by atoms with E-state index < -0.39 is 0 Å². The predicted molar refractivity (Wildman–Crippen MR) is 117 cm³/mol. The van der Waals surface area contributed by atoms with E-state index in [1.54, 1.807) is 0 Å². The van der Waals surface area contributed by atoms with Crippen LogP contribution in [0.4, 0.5) is 11.4 Å². The molecule has 0 saturated carbocycles. The van der Waals surface area contributed by atoms with Crippen LogP contribution in [0.15, 0.2) is 78.9 Å². The van der Waals surface area contributed by atoms with Crippen LogP contribution in [-0.2, 0) is 4.79 Å². The van der Waals surface area contributed by atoms with Crippen LogP contribution in [0, 0.1) is 0 Å². The van der Waals surface area contributed by atoms with Crippen LogP contribution >= 0.6 is 0 Å². The number of amides is 1. The Morgan fingerprint density at radius 2 is 1.41 bits per heavy atom. The molecule has 0 aromatic heterocycles. The summed E-state index contributed by atoms with van der Waals surface area (Å²) in [5.41, 5.74) is 1.58. The number of benzene rings is 3. The highest BCUT2D eigenvalue weighted by Gasteiger charge is 2.05. The van der Waals surface area contributed by atoms with Gasteiger partial charge in [-0.1, -0.05) is 25.1 Å². The summed E-state index contributed by atoms with van der Waals surface area (Å²) < 4.78 is 11.5. The van der Waals surface area contributed by atoms with Gasteiger partial charge in [0.15, 0.2) is 0 Å². The molecule has 1 amide bonds. The SMILES string of the molecule is CCC(C)Oc1ccc(NCC(=O)Nc2ccc(Oc3ccccc3)cc2)cc1. The standard InChI is InChI=1S/C24H26N2O3/c1-3-18(2)28-22-13-9-19(10-14-22)25-17-24(27)26-20-11-15-23(16-12-20)29-21-7-5-4-6-8-21/h4-16,18,25H,3,17H2,1-2H3,(H,26,27). The van der Waals surface area contributed by atoms with E-state index in [2.05, 4.69) is 17.6 Å². The van der Waals surface area contributed by atoms with Crippen molar-refractivity contribution in [3.05, 3.63) is 78.9 Å². The third-order valence-corrected chi connectivity index (χ3v) is 4.34. The van der Waals surface area contributed by atoms with Crippen molar-refractivity contribution in [1.29, 1.82) is 0 Å². The Hall–Kier alpha value is -3.47. The third kappa shape index (κ3) is 6.57. The lowest BCUT2D eigenvalue weighted by Gasteiger charge is -2.13. The van der Waals surface area contributed by atoms with Gasteiger partial charge in [0.05, 0.1) is 12.6 Å². The highest BCUT2D eigenvalue weighted by atomic mass is 16.5. The predicted octanol–water partition coefficient (Wildman–Crippen LogP) is 5.71. The number of carbonyl (C=O) groups excluding carboxylic acids is 1. The van der Waals surface area contributed by atoms with Gasteiger partial charge in [-0.25, -0.2) is 0 Å². The van der Waals surface area contributed by atoms with Gasteiger partial charge >= 0.3 is 0 Å². The van der Waals surface area contributed by atoms with Gasteiger partial charge in [0.2, 0.25) is 5.91 Å². The van der Waals surface area contributed by atoms with Crippen LogP contribution in [0.25, 0.3) is 0 Å². The number of para-hydroxylation sites is 1. The number of ether oxygens (including phenoxy) is 2. The minimum atomic E-state index is -0.123. The number of rotatable bonds is 9. The van der Waals surface area contributed by atoms with E-state index >= 15 is 0 Å². The molecule has 150 valence electrons. The van der Waals surface area contributed by atoms with E-state index in [4.69, 9.17) is 9.47 Å². The Morgan fingerprint density at radius 3 is 2.07 bits per heavy atom. The van der Waals surface area contributed by atoms with E-state index in [-0.39, 0.29) is 18.6 Å². The minimum absolute atomic E-state index is 0.123. The smallest absolute Gasteiger partial charge is 0.243 e. The number of anilines is 2. The molecular formula is C24H26N2O3. The molecule has 0 radical (unpaired) electrons. The summed E-state index contributed by atoms with van der Waals surface area (Å²) in [5.74, 6) is 2.19. The molecule has 0 bridgehead atoms. The van der Waals surface area contributed by atoms with Crippen LogP contribution in [-0.4, -0.2) is 18.6 Å². The molecule has 3 rings (SSSR count). The molecule has 29 heavy (non-hydrogen) atoms. The van der Waals surface area contributed by atoms with Gasteiger partial charge in [0.1, 0.15) is 17.2 Å². The number of carbonyl (C=O) groups is 1. The van der Waals surface area contributed by atoms with Crippen LogP contribution in [0.3, 0.4) is 0 Å². The second-order valence-electron chi connectivity index (χ2n) is 6.70. The number of nitrogens with one attached hydrogen (secondary N) is 2. The Morgan fingerprint density at radius 1 is 0.828 bits per heavy atom. The second kappa shape index (κ2) is 10.2. The highest BCUT2D eigenvalue weighted by molar-refractivity contribution is 5.93. The molecular weight excluding hydrogens is 364 g/mol. The lowest BCUT2D eigenvalue weighted by molar-refractivity contribution is -0.114. The molecule has 5 nitrogen and oxygen atoms in total. The fourth-order valence-corrected chi connectivity index (χ4v) is 2.59. The first-order chi connectivity index (χ1) is 14.1. The summed E-state index contributed by atoms with van der Waals surface area (Å²) >= 11 is 0. The van der Waals surface area contributed by atoms with Crippen LogP contribution in [0.1, 0.15) is 20.3 Å². The molecule has 0 saturated heterocycles. The van der Waals surface area contributed by atoms with Gasteiger partial charge in [0, 0.05) is 11.4 Å². The maximum absolute atomic E-state index is 12.2. The average Bonchev–Trinajstić information content (AvgIpc) is 2.75. The Labute approximate surface area is 171 Å². The fraction of sp³-hybridized carbons (Fsp3) is 0.208. The van der Waals surface area contributed by atoms with E-state index in [9.17, 15) is 4.79 Å². The number of hydrogen-bond donors (Lipinski definition) is 2. The molecule has 0 aliphatic carbocycles. The van der Waals surface area contributed by atoms with Crippen molar-refractivity contribution in [2.75, 3.05) is 17.2 Å². The highest BCUT2D eigenvalue weighted by Crippen LogP contribution is 2.22. The molecule has 1 unspecified atom stereocenters. The minimum Gasteiger partial charge on any atom is -0.491 e. The van der Waals surface area contributed by atoms with E-state index in [0.717, 1.165) is 29.3 Å². The van der Waals surface area contributed by atoms with Gasteiger partial charge < -0.3 is 20.1 Å². The van der Waals surface area contributed by atoms with E-state index in [1.807, 2.05) is 85.8 Å². The Kier molecular flexibility index (Phi) is 7.11. The van der Waals surface area contributed by atoms with Gasteiger partial charge in [-0.15, -0.1) is 0 Å². The Balaban J connectivity index is 1.45. The van der Waals surface area contributed by atoms with E-state index in [0.29, 0.717) is 5.75 Å². The second-order valence-corrected chi connectivity index (χ2v) is 6.70. The monoisotopic (exact) mass is 390 g/mol. The van der Waals surface area contributed by atoms with Crippen LogP contribution < -0.4 is 20.1 Å². The molecule has 0 spiro atoms. The van der Waals surface area contributed by atoms with Crippen LogP contribution in [0.2, 0.25) is 0 Å². The van der Waals surface area contributed by atoms with Crippen molar-refractivity contribution in [2.45, 2.75) is 26.4 Å². The van der Waals surface area contributed by atoms with Gasteiger partial charge in [0.25, 0.3) is 0 Å². The Bertz CT molecular complexity index is 894. The first kappa shape index (κ1) is 20.3. The maximum atomic E-state index is 12.2. The fourth-order valence-electron chi connectivity index (χ4n) is 2.59. The van der Waals surface area contributed by atoms with Gasteiger partial charge in [-0.2, -0.15) is 0 Å². The van der Waals surface area contributed by atoms with Crippen molar-refractivity contribution in [2.24, 2.45) is 0 Å². The molecule has 3 aromatic rings. The summed E-state index contributed by atoms with van der Waals surface area (Å²) in [4.78, 5) is 12.2. The summed E-state index contributed by atoms with van der Waals surface area (Å²) in [6, 6.07) is 24.5. The molecule has 0 heterocycles. The zero-order chi connectivity index (χ0) is 20.5. The zero-order valence-corrected chi connectivity index (χ0v) is 16.7. The molecule has 3 aromatic carbocycles. The lowest BCUT2D eigenvalue weighted by Crippen LogP contribution is -2.21. The lowest BCUT2D eigenvalue weighted by atomic mass is 10.2. The first-order valence-electron chi connectivity index (χ1n) is 9.76. The quantitative estimate of drug-likeness (QED) is 0.491. The normalized spacial score (nSPS) is 11.4. The molecule has 2 N–H and O–H groups in total. The van der Waals surface area contributed by atoms with Crippen molar-refractivity contribution >= 4 is 17.3 Å². The largest absolute Gasteiger partial charge is 0.491 e. The topological polar surface area (TPSA) is 59.6 Å². The molecule has 0 aliphatic heterocycles. The summed E-state index contributed by atoms with van der Waals surface area (Å²) in [5, 5.41) is 5.98. The number of hydrogen-bond acceptors (Lipinski definition) is 4. The van der Waals surface area contributed by atoms with Gasteiger partial charge in [-0.05, 0) is 74.0 Å². The maximum Gasteiger partial charge on any atom is 0.243 e. The third-order valence-electron chi connectivity index (χ3n) is 4.34. The van der Waals surface area contributed by atoms with E-state index in [1.165, 1.54) is 0 Å². The average molecular weight is 390 g/mol. The van der Waals surface area contributed by atoms with Crippen molar-refractivity contribution < 1.29 is 14.3 Å². The van der Waals surface area contributed by atoms with Crippen molar-refractivity contribution in [3.63, 3.8) is 0 Å². The first-order valence-corrected chi connectivity index (χ1v) is 9.76. The summed E-state index contributed by atoms with van der Waals surface area (Å²) in [6.07, 6.45) is 1.14. The van der Waals surface area contributed by atoms with Crippen molar-refractivity contribution in [1.82, 2.24) is 0 Å². The van der Waals surface area contributed by atoms with Crippen LogP contribution in [0.5, 0.6) is 17.2 Å². The molecule has 0 aliphatic rings. The summed E-state index contributed by atoms with van der Waals surface area (Å²) in [7, 11) is 0. The zero-order valence-electron chi connectivity index (χ0n) is 16.7. The summed E-state index contributed by atoms with van der Waals surface area (Å²) in [6.45, 7) is 4.30. The molecule has 1 atom stereocenters. The van der Waals surface area contributed by atoms with Crippen molar-refractivity contribution in [3.8, 4) is 17.2 Å². The molecule has 0 fully saturated rings.